The summed E-state index contributed by atoms with van der Waals surface area (Å²) >= 11 is 0. The minimum absolute atomic E-state index is 0.500. The second kappa shape index (κ2) is 6.23. The fraction of sp³-hybridized carbons (Fsp3) is 0.368. The van der Waals surface area contributed by atoms with E-state index in [2.05, 4.69) is 72.9 Å². The van der Waals surface area contributed by atoms with Crippen LogP contribution in [0.3, 0.4) is 0 Å². The first kappa shape index (κ1) is 13.4. The van der Waals surface area contributed by atoms with Crippen LogP contribution in [0, 0.1) is 0 Å². The van der Waals surface area contributed by atoms with E-state index in [9.17, 15) is 0 Å². The molecule has 0 amide bonds. The van der Waals surface area contributed by atoms with Gasteiger partial charge in [-0.05, 0) is 24.0 Å². The highest BCUT2D eigenvalue weighted by atomic mass is 15.0. The van der Waals surface area contributed by atoms with Crippen molar-refractivity contribution in [2.75, 3.05) is 0 Å². The standard InChI is InChI=1S/C19H23N/c1-2-9-18(16-12-7-4-8-13-16)20-19-14-17(19)15-10-5-3-6-11-15/h3-8,10-13,17-20H,2,9,14H2,1H3. The van der Waals surface area contributed by atoms with Gasteiger partial charge >= 0.3 is 0 Å². The van der Waals surface area contributed by atoms with Crippen LogP contribution < -0.4 is 5.32 Å². The van der Waals surface area contributed by atoms with Crippen LogP contribution in [0.2, 0.25) is 0 Å². The Morgan fingerprint density at radius 3 is 2.30 bits per heavy atom. The average molecular weight is 265 g/mol. The van der Waals surface area contributed by atoms with Gasteiger partial charge in [-0.15, -0.1) is 0 Å². The van der Waals surface area contributed by atoms with Crippen LogP contribution in [0.4, 0.5) is 0 Å². The van der Waals surface area contributed by atoms with Crippen molar-refractivity contribution in [3.63, 3.8) is 0 Å². The van der Waals surface area contributed by atoms with Gasteiger partial charge in [0.1, 0.15) is 0 Å². The third-order valence-electron chi connectivity index (χ3n) is 4.21. The van der Waals surface area contributed by atoms with Crippen molar-refractivity contribution < 1.29 is 0 Å². The Kier molecular flexibility index (Phi) is 4.17. The molecule has 1 aliphatic carbocycles. The Hall–Kier alpha value is -1.60. The van der Waals surface area contributed by atoms with Crippen molar-refractivity contribution in [3.05, 3.63) is 71.8 Å². The molecule has 1 aliphatic rings. The van der Waals surface area contributed by atoms with Gasteiger partial charge in [0.15, 0.2) is 0 Å². The van der Waals surface area contributed by atoms with Crippen LogP contribution in [0.25, 0.3) is 0 Å². The lowest BCUT2D eigenvalue weighted by Gasteiger charge is -2.19. The summed E-state index contributed by atoms with van der Waals surface area (Å²) in [5, 5.41) is 3.86. The number of benzene rings is 2. The van der Waals surface area contributed by atoms with Crippen LogP contribution in [-0.2, 0) is 0 Å². The lowest BCUT2D eigenvalue weighted by atomic mass is 10.0. The fourth-order valence-corrected chi connectivity index (χ4v) is 3.03. The van der Waals surface area contributed by atoms with Crippen molar-refractivity contribution >= 4 is 0 Å². The van der Waals surface area contributed by atoms with Crippen molar-refractivity contribution in [3.8, 4) is 0 Å². The molecule has 0 bridgehead atoms. The molecule has 1 fully saturated rings. The molecule has 20 heavy (non-hydrogen) atoms. The van der Waals surface area contributed by atoms with E-state index in [1.54, 1.807) is 0 Å². The molecule has 0 heterocycles. The summed E-state index contributed by atoms with van der Waals surface area (Å²) in [5.41, 5.74) is 2.90. The highest BCUT2D eigenvalue weighted by Crippen LogP contribution is 2.42. The number of hydrogen-bond donors (Lipinski definition) is 1. The lowest BCUT2D eigenvalue weighted by molar-refractivity contribution is 0.486. The average Bonchev–Trinajstić information content (AvgIpc) is 3.28. The summed E-state index contributed by atoms with van der Waals surface area (Å²) in [6.07, 6.45) is 3.70. The maximum atomic E-state index is 3.86. The van der Waals surface area contributed by atoms with E-state index in [1.165, 1.54) is 30.4 Å². The SMILES string of the molecule is CCCC(NC1CC1c1ccccc1)c1ccccc1. The zero-order valence-electron chi connectivity index (χ0n) is 12.1. The highest BCUT2D eigenvalue weighted by molar-refractivity contribution is 5.28. The van der Waals surface area contributed by atoms with Crippen molar-refractivity contribution in [2.24, 2.45) is 0 Å². The van der Waals surface area contributed by atoms with Crippen molar-refractivity contribution in [1.29, 1.82) is 0 Å². The summed E-state index contributed by atoms with van der Waals surface area (Å²) in [5.74, 6) is 0.708. The van der Waals surface area contributed by atoms with Gasteiger partial charge in [-0.25, -0.2) is 0 Å². The minimum atomic E-state index is 0.500. The highest BCUT2D eigenvalue weighted by Gasteiger charge is 2.39. The van der Waals surface area contributed by atoms with Crippen LogP contribution in [0.15, 0.2) is 60.7 Å². The molecule has 0 aliphatic heterocycles. The molecular formula is C19H23N. The molecule has 0 aromatic heterocycles. The van der Waals surface area contributed by atoms with E-state index in [-0.39, 0.29) is 0 Å². The minimum Gasteiger partial charge on any atom is -0.307 e. The lowest BCUT2D eigenvalue weighted by Crippen LogP contribution is -2.24. The van der Waals surface area contributed by atoms with Gasteiger partial charge in [-0.3, -0.25) is 0 Å². The zero-order chi connectivity index (χ0) is 13.8. The first-order valence-electron chi connectivity index (χ1n) is 7.74. The molecule has 1 nitrogen and oxygen atoms in total. The second-order valence-corrected chi connectivity index (χ2v) is 5.78. The monoisotopic (exact) mass is 265 g/mol. The smallest absolute Gasteiger partial charge is 0.0322 e. The molecule has 104 valence electrons. The summed E-state index contributed by atoms with van der Waals surface area (Å²) in [6.45, 7) is 2.26. The van der Waals surface area contributed by atoms with E-state index < -0.39 is 0 Å². The molecule has 2 aromatic rings. The van der Waals surface area contributed by atoms with E-state index in [0.717, 1.165) is 0 Å². The van der Waals surface area contributed by atoms with Crippen LogP contribution in [0.1, 0.15) is 49.3 Å². The molecule has 1 heteroatoms. The van der Waals surface area contributed by atoms with Crippen LogP contribution in [0.5, 0.6) is 0 Å². The Morgan fingerprint density at radius 2 is 1.65 bits per heavy atom. The Morgan fingerprint density at radius 1 is 1.00 bits per heavy atom. The molecule has 3 unspecified atom stereocenters. The Bertz CT molecular complexity index is 520. The largest absolute Gasteiger partial charge is 0.307 e. The van der Waals surface area contributed by atoms with Crippen molar-refractivity contribution in [1.82, 2.24) is 5.32 Å². The normalized spacial score (nSPS) is 22.4. The maximum Gasteiger partial charge on any atom is 0.0322 e. The van der Waals surface area contributed by atoms with E-state index in [1.807, 2.05) is 0 Å². The van der Waals surface area contributed by atoms with E-state index in [4.69, 9.17) is 0 Å². The van der Waals surface area contributed by atoms with Gasteiger partial charge in [0, 0.05) is 18.0 Å². The molecule has 3 atom stereocenters. The summed E-state index contributed by atoms with van der Waals surface area (Å²) in [6, 6.07) is 22.9. The number of rotatable bonds is 6. The molecule has 0 radical (unpaired) electrons. The topological polar surface area (TPSA) is 12.0 Å². The molecule has 1 saturated carbocycles. The van der Waals surface area contributed by atoms with Crippen LogP contribution in [-0.4, -0.2) is 6.04 Å². The fourth-order valence-electron chi connectivity index (χ4n) is 3.03. The number of nitrogens with one attached hydrogen (secondary N) is 1. The second-order valence-electron chi connectivity index (χ2n) is 5.78. The third-order valence-corrected chi connectivity index (χ3v) is 4.21. The molecule has 3 rings (SSSR count). The van der Waals surface area contributed by atoms with E-state index in [0.29, 0.717) is 18.0 Å². The van der Waals surface area contributed by atoms with Crippen LogP contribution >= 0.6 is 0 Å². The van der Waals surface area contributed by atoms with Gasteiger partial charge in [0.2, 0.25) is 0 Å². The Balaban J connectivity index is 1.64. The third kappa shape index (κ3) is 3.10. The molecule has 2 aromatic carbocycles. The predicted molar refractivity (Wildman–Crippen MR) is 84.8 cm³/mol. The quantitative estimate of drug-likeness (QED) is 0.800. The van der Waals surface area contributed by atoms with E-state index >= 15 is 0 Å². The summed E-state index contributed by atoms with van der Waals surface area (Å²) in [7, 11) is 0. The maximum absolute atomic E-state index is 3.86. The zero-order valence-corrected chi connectivity index (χ0v) is 12.1. The van der Waals surface area contributed by atoms with Crippen molar-refractivity contribution in [2.45, 2.75) is 44.2 Å². The molecule has 1 N–H and O–H groups in total. The molecule has 0 spiro atoms. The first-order valence-corrected chi connectivity index (χ1v) is 7.74. The molecule has 0 saturated heterocycles. The summed E-state index contributed by atoms with van der Waals surface area (Å²) in [4.78, 5) is 0. The van der Waals surface area contributed by atoms with Gasteiger partial charge in [0.25, 0.3) is 0 Å². The summed E-state index contributed by atoms with van der Waals surface area (Å²) < 4.78 is 0. The predicted octanol–water partition coefficient (Wildman–Crippen LogP) is 4.67. The van der Waals surface area contributed by atoms with Gasteiger partial charge in [-0.2, -0.15) is 0 Å². The van der Waals surface area contributed by atoms with Gasteiger partial charge < -0.3 is 5.32 Å². The first-order chi connectivity index (χ1) is 9.88. The van der Waals surface area contributed by atoms with Gasteiger partial charge in [-0.1, -0.05) is 74.0 Å². The number of hydrogen-bond acceptors (Lipinski definition) is 1. The Labute approximate surface area is 122 Å². The molecular weight excluding hydrogens is 242 g/mol. The van der Waals surface area contributed by atoms with Gasteiger partial charge in [0.05, 0.1) is 0 Å².